The number of ether oxygens (including phenoxy) is 1. The lowest BCUT2D eigenvalue weighted by Crippen LogP contribution is -3.02. The molecule has 0 fully saturated rings. The number of quaternary nitrogens is 1. The zero-order valence-electron chi connectivity index (χ0n) is 11.9. The summed E-state index contributed by atoms with van der Waals surface area (Å²) < 4.78 is 5.66. The second kappa shape index (κ2) is 6.05. The molecule has 0 aliphatic heterocycles. The van der Waals surface area contributed by atoms with Gasteiger partial charge in [0.25, 0.3) is 0 Å². The minimum atomic E-state index is -0.490. The van der Waals surface area contributed by atoms with E-state index in [1.165, 1.54) is 0 Å². The van der Waals surface area contributed by atoms with Gasteiger partial charge in [-0.25, -0.2) is 0 Å². The molecule has 2 aromatic carbocycles. The fourth-order valence-electron chi connectivity index (χ4n) is 1.62. The third kappa shape index (κ3) is 4.35. The van der Waals surface area contributed by atoms with Crippen LogP contribution in [-0.2, 0) is 4.84 Å². The molecule has 0 amide bonds. The molecule has 4 nitrogen and oxygen atoms in total. The Labute approximate surface area is 119 Å². The third-order valence-corrected chi connectivity index (χ3v) is 2.47. The average Bonchev–Trinajstić information content (AvgIpc) is 2.39. The van der Waals surface area contributed by atoms with Crippen LogP contribution >= 0.6 is 0 Å². The van der Waals surface area contributed by atoms with E-state index in [1.54, 1.807) is 24.3 Å². The van der Waals surface area contributed by atoms with E-state index >= 15 is 0 Å². The van der Waals surface area contributed by atoms with Gasteiger partial charge in [-0.15, -0.1) is 0 Å². The Morgan fingerprint density at radius 1 is 0.850 bits per heavy atom. The Morgan fingerprint density at radius 3 is 1.95 bits per heavy atom. The van der Waals surface area contributed by atoms with Crippen LogP contribution in [0.4, 0.5) is 5.69 Å². The van der Waals surface area contributed by atoms with Crippen molar-refractivity contribution in [2.75, 3.05) is 0 Å². The summed E-state index contributed by atoms with van der Waals surface area (Å²) in [5, 5.41) is 11.5. The van der Waals surface area contributed by atoms with E-state index in [-0.39, 0.29) is 5.23 Å². The van der Waals surface area contributed by atoms with Gasteiger partial charge in [-0.05, 0) is 45.0 Å². The van der Waals surface area contributed by atoms with Gasteiger partial charge in [0.1, 0.15) is 17.1 Å². The molecular formula is C16H19NO3. The highest BCUT2D eigenvalue weighted by Crippen LogP contribution is 2.21. The first-order valence-corrected chi connectivity index (χ1v) is 6.50. The summed E-state index contributed by atoms with van der Waals surface area (Å²) in [7, 11) is 0. The zero-order valence-corrected chi connectivity index (χ0v) is 11.9. The quantitative estimate of drug-likeness (QED) is 0.870. The maximum Gasteiger partial charge on any atom is 0.164 e. The van der Waals surface area contributed by atoms with Crippen molar-refractivity contribution in [2.24, 2.45) is 0 Å². The van der Waals surface area contributed by atoms with E-state index in [4.69, 9.17) is 9.57 Å². The van der Waals surface area contributed by atoms with Gasteiger partial charge >= 0.3 is 0 Å². The van der Waals surface area contributed by atoms with Crippen molar-refractivity contribution >= 4 is 5.69 Å². The Kier molecular flexibility index (Phi) is 4.39. The van der Waals surface area contributed by atoms with Crippen molar-refractivity contribution < 1.29 is 14.8 Å². The molecule has 0 aromatic heterocycles. The molecule has 106 valence electrons. The molecule has 0 spiro atoms. The molecule has 1 unspecified atom stereocenters. The second-order valence-corrected chi connectivity index (χ2v) is 5.44. The van der Waals surface area contributed by atoms with Crippen molar-refractivity contribution in [1.82, 2.24) is 0 Å². The molecule has 0 heterocycles. The molecule has 0 saturated heterocycles. The van der Waals surface area contributed by atoms with E-state index in [9.17, 15) is 5.21 Å². The normalized spacial score (nSPS) is 13.0. The van der Waals surface area contributed by atoms with Gasteiger partial charge in [0.2, 0.25) is 0 Å². The number of para-hydroxylation sites is 1. The van der Waals surface area contributed by atoms with Crippen molar-refractivity contribution in [1.29, 1.82) is 0 Å². The molecule has 1 atom stereocenters. The molecule has 0 bridgehead atoms. The molecule has 0 saturated carbocycles. The summed E-state index contributed by atoms with van der Waals surface area (Å²) in [5.74, 6) is 1.45. The van der Waals surface area contributed by atoms with E-state index in [1.807, 2.05) is 51.1 Å². The van der Waals surface area contributed by atoms with Crippen LogP contribution in [0.15, 0.2) is 54.6 Å². The predicted molar refractivity (Wildman–Crippen MR) is 77.8 cm³/mol. The second-order valence-electron chi connectivity index (χ2n) is 5.44. The Bertz CT molecular complexity index is 532. The number of hydrogen-bond acceptors (Lipinski definition) is 3. The highest BCUT2D eigenvalue weighted by molar-refractivity contribution is 5.38. The van der Waals surface area contributed by atoms with Gasteiger partial charge < -0.3 is 9.94 Å². The Hall–Kier alpha value is -1.88. The van der Waals surface area contributed by atoms with Gasteiger partial charge in [0, 0.05) is 12.1 Å². The maximum absolute atomic E-state index is 11.9. The summed E-state index contributed by atoms with van der Waals surface area (Å²) >= 11 is 0. The van der Waals surface area contributed by atoms with E-state index < -0.39 is 5.60 Å². The molecule has 2 rings (SSSR count). The number of nitrogens with one attached hydrogen (secondary N) is 1. The first-order valence-electron chi connectivity index (χ1n) is 6.50. The lowest BCUT2D eigenvalue weighted by molar-refractivity contribution is -1.01. The zero-order chi connectivity index (χ0) is 14.6. The fraction of sp³-hybridized carbons (Fsp3) is 0.250. The lowest BCUT2D eigenvalue weighted by atomic mass is 10.2. The highest BCUT2D eigenvalue weighted by atomic mass is 16.9. The van der Waals surface area contributed by atoms with Crippen molar-refractivity contribution in [3.63, 3.8) is 0 Å². The summed E-state index contributed by atoms with van der Waals surface area (Å²) in [6.45, 7) is 5.54. The van der Waals surface area contributed by atoms with Gasteiger partial charge in [0.05, 0.1) is 0 Å². The molecule has 4 heteroatoms. The van der Waals surface area contributed by atoms with Crippen LogP contribution in [0.25, 0.3) is 0 Å². The topological polar surface area (TPSA) is 46.0 Å². The molecular weight excluding hydrogens is 254 g/mol. The van der Waals surface area contributed by atoms with Crippen LogP contribution in [0, 0.1) is 5.21 Å². The van der Waals surface area contributed by atoms with Crippen molar-refractivity contribution in [3.8, 4) is 11.5 Å². The first-order chi connectivity index (χ1) is 9.44. The van der Waals surface area contributed by atoms with Crippen molar-refractivity contribution in [2.45, 2.75) is 26.4 Å². The smallest absolute Gasteiger partial charge is 0.164 e. The minimum absolute atomic E-state index is 0.330. The van der Waals surface area contributed by atoms with Gasteiger partial charge in [-0.3, -0.25) is 0 Å². The van der Waals surface area contributed by atoms with E-state index in [0.29, 0.717) is 11.4 Å². The summed E-state index contributed by atoms with van der Waals surface area (Å²) in [6.07, 6.45) is 0. The van der Waals surface area contributed by atoms with Crippen LogP contribution in [0.1, 0.15) is 20.8 Å². The monoisotopic (exact) mass is 273 g/mol. The van der Waals surface area contributed by atoms with Crippen LogP contribution in [0.5, 0.6) is 11.5 Å². The number of hydrogen-bond donors (Lipinski definition) is 1. The van der Waals surface area contributed by atoms with E-state index in [0.717, 1.165) is 5.75 Å². The fourth-order valence-corrected chi connectivity index (χ4v) is 1.62. The van der Waals surface area contributed by atoms with Crippen LogP contribution in [0.3, 0.4) is 0 Å². The molecule has 0 aliphatic carbocycles. The maximum atomic E-state index is 11.9. The molecule has 20 heavy (non-hydrogen) atoms. The predicted octanol–water partition coefficient (Wildman–Crippen LogP) is 3.22. The SMILES string of the molecule is CC(C)(C)O[NH+]([O-])c1ccc(Oc2ccccc2)cc1. The van der Waals surface area contributed by atoms with Gasteiger partial charge in [-0.1, -0.05) is 18.2 Å². The van der Waals surface area contributed by atoms with Crippen molar-refractivity contribution in [3.05, 3.63) is 59.8 Å². The largest absolute Gasteiger partial charge is 0.595 e. The van der Waals surface area contributed by atoms with Crippen LogP contribution < -0.4 is 9.96 Å². The average molecular weight is 273 g/mol. The number of benzene rings is 2. The standard InChI is InChI=1S/C16H19NO3/c1-16(2,3)20-17(18)13-9-11-15(12-10-13)19-14-7-5-4-6-8-14/h4-12,17H,1-3H3. The van der Waals surface area contributed by atoms with Crippen LogP contribution in [0.2, 0.25) is 0 Å². The highest BCUT2D eigenvalue weighted by Gasteiger charge is 2.17. The summed E-state index contributed by atoms with van der Waals surface area (Å²) in [6, 6.07) is 16.4. The Balaban J connectivity index is 2.03. The summed E-state index contributed by atoms with van der Waals surface area (Å²) in [5.41, 5.74) is 0.0244. The van der Waals surface area contributed by atoms with Crippen LogP contribution in [-0.4, -0.2) is 5.60 Å². The van der Waals surface area contributed by atoms with E-state index in [2.05, 4.69) is 0 Å². The molecule has 0 aliphatic rings. The first kappa shape index (κ1) is 14.5. The third-order valence-electron chi connectivity index (χ3n) is 2.47. The molecule has 2 aromatic rings. The summed E-state index contributed by atoms with van der Waals surface area (Å²) in [4.78, 5) is 5.30. The minimum Gasteiger partial charge on any atom is -0.595 e. The van der Waals surface area contributed by atoms with Gasteiger partial charge in [-0.2, -0.15) is 10.1 Å². The lowest BCUT2D eigenvalue weighted by Gasteiger charge is -2.27. The number of rotatable bonds is 4. The van der Waals surface area contributed by atoms with Gasteiger partial charge in [0.15, 0.2) is 5.69 Å². The Morgan fingerprint density at radius 2 is 1.40 bits per heavy atom. The molecule has 1 N–H and O–H groups in total. The molecule has 0 radical (unpaired) electrons.